The molecule has 0 N–H and O–H groups in total. The lowest BCUT2D eigenvalue weighted by Gasteiger charge is -2.19. The zero-order chi connectivity index (χ0) is 18.3. The Kier molecular flexibility index (Phi) is 4.44. The van der Waals surface area contributed by atoms with Crippen LogP contribution in [0.5, 0.6) is 5.75 Å². The van der Waals surface area contributed by atoms with Crippen LogP contribution in [-0.2, 0) is 4.74 Å². The van der Waals surface area contributed by atoms with Crippen molar-refractivity contribution in [1.82, 2.24) is 5.16 Å². The minimum atomic E-state index is -0.702. The molecule has 0 atom stereocenters. The quantitative estimate of drug-likeness (QED) is 0.582. The van der Waals surface area contributed by atoms with Crippen LogP contribution in [0.1, 0.15) is 57.9 Å². The molecule has 1 saturated carbocycles. The van der Waals surface area contributed by atoms with Crippen LogP contribution in [0.2, 0.25) is 0 Å². The lowest BCUT2D eigenvalue weighted by molar-refractivity contribution is 0.0512. The molecule has 0 spiro atoms. The van der Waals surface area contributed by atoms with Gasteiger partial charge < -0.3 is 14.0 Å². The van der Waals surface area contributed by atoms with E-state index in [1.54, 1.807) is 6.92 Å². The molecule has 2 aliphatic rings. The molecule has 1 aromatic heterocycles. The summed E-state index contributed by atoms with van der Waals surface area (Å²) in [4.78, 5) is 25.9. The van der Waals surface area contributed by atoms with Crippen LogP contribution in [0.3, 0.4) is 0 Å². The Morgan fingerprint density at radius 3 is 2.92 bits per heavy atom. The molecule has 136 valence electrons. The number of hydrogen-bond acceptors (Lipinski definition) is 7. The second-order valence-corrected chi connectivity index (χ2v) is 7.15. The van der Waals surface area contributed by atoms with Gasteiger partial charge in [-0.25, -0.2) is 9.18 Å². The fourth-order valence-corrected chi connectivity index (χ4v) is 3.88. The third-order valence-electron chi connectivity index (χ3n) is 4.25. The molecule has 0 amide bonds. The monoisotopic (exact) mass is 377 g/mol. The summed E-state index contributed by atoms with van der Waals surface area (Å²) in [6.45, 7) is 2.21. The largest absolute Gasteiger partial charge is 0.488 e. The van der Waals surface area contributed by atoms with Gasteiger partial charge in [-0.2, -0.15) is 0 Å². The molecule has 0 saturated heterocycles. The van der Waals surface area contributed by atoms with Crippen molar-refractivity contribution in [3.05, 3.63) is 40.5 Å². The number of carbonyl (C=O) groups excluding carboxylic acids is 2. The summed E-state index contributed by atoms with van der Waals surface area (Å²) < 4.78 is 29.7. The Hall–Kier alpha value is -2.35. The summed E-state index contributed by atoms with van der Waals surface area (Å²) in [6, 6.07) is 2.61. The highest BCUT2D eigenvalue weighted by atomic mass is 32.2. The highest BCUT2D eigenvalue weighted by molar-refractivity contribution is 7.99. The summed E-state index contributed by atoms with van der Waals surface area (Å²) in [5.41, 5.74) is 0.270. The van der Waals surface area contributed by atoms with Crippen molar-refractivity contribution in [3.63, 3.8) is 0 Å². The first-order chi connectivity index (χ1) is 12.6. The van der Waals surface area contributed by atoms with E-state index in [-0.39, 0.29) is 35.1 Å². The van der Waals surface area contributed by atoms with E-state index in [0.717, 1.165) is 12.8 Å². The third kappa shape index (κ3) is 2.88. The summed E-state index contributed by atoms with van der Waals surface area (Å²) >= 11 is 1.36. The summed E-state index contributed by atoms with van der Waals surface area (Å²) in [5.74, 6) is -0.476. The minimum Gasteiger partial charge on any atom is -0.488 e. The van der Waals surface area contributed by atoms with Crippen LogP contribution in [0.15, 0.2) is 21.6 Å². The van der Waals surface area contributed by atoms with Gasteiger partial charge in [-0.15, -0.1) is 11.8 Å². The van der Waals surface area contributed by atoms with Crippen LogP contribution < -0.4 is 4.74 Å². The van der Waals surface area contributed by atoms with E-state index in [1.807, 2.05) is 0 Å². The maximum atomic E-state index is 14.0. The predicted octanol–water partition coefficient (Wildman–Crippen LogP) is 3.58. The van der Waals surface area contributed by atoms with Crippen molar-refractivity contribution in [2.45, 2.75) is 30.6 Å². The van der Waals surface area contributed by atoms with Crippen molar-refractivity contribution < 1.29 is 28.0 Å². The molecule has 8 heteroatoms. The maximum absolute atomic E-state index is 14.0. The molecule has 6 nitrogen and oxygen atoms in total. The van der Waals surface area contributed by atoms with Crippen molar-refractivity contribution >= 4 is 23.5 Å². The highest BCUT2D eigenvalue weighted by Crippen LogP contribution is 2.44. The first-order valence-corrected chi connectivity index (χ1v) is 9.39. The molecule has 1 fully saturated rings. The molecule has 1 aliphatic carbocycles. The van der Waals surface area contributed by atoms with Gasteiger partial charge in [-0.3, -0.25) is 4.79 Å². The Balaban J connectivity index is 1.82. The molecule has 4 rings (SSSR count). The first-order valence-electron chi connectivity index (χ1n) is 8.41. The van der Waals surface area contributed by atoms with Gasteiger partial charge in [-0.05, 0) is 31.9 Å². The molecule has 0 bridgehead atoms. The van der Waals surface area contributed by atoms with Crippen LogP contribution in [0, 0.1) is 5.82 Å². The van der Waals surface area contributed by atoms with Gasteiger partial charge in [0.2, 0.25) is 5.69 Å². The molecule has 1 aliphatic heterocycles. The Morgan fingerprint density at radius 1 is 1.38 bits per heavy atom. The fourth-order valence-electron chi connectivity index (χ4n) is 2.90. The minimum absolute atomic E-state index is 0.0739. The van der Waals surface area contributed by atoms with Gasteiger partial charge in [-0.1, -0.05) is 5.16 Å². The van der Waals surface area contributed by atoms with Crippen LogP contribution in [-0.4, -0.2) is 35.9 Å². The van der Waals surface area contributed by atoms with E-state index in [2.05, 4.69) is 5.16 Å². The number of ether oxygens (including phenoxy) is 2. The van der Waals surface area contributed by atoms with Crippen LogP contribution in [0.4, 0.5) is 4.39 Å². The summed E-state index contributed by atoms with van der Waals surface area (Å²) in [5, 5.41) is 3.79. The van der Waals surface area contributed by atoms with Crippen molar-refractivity contribution in [1.29, 1.82) is 0 Å². The van der Waals surface area contributed by atoms with Gasteiger partial charge in [0.05, 0.1) is 18.1 Å². The zero-order valence-corrected chi connectivity index (χ0v) is 14.9. The van der Waals surface area contributed by atoms with Crippen LogP contribution >= 0.6 is 11.8 Å². The Morgan fingerprint density at radius 2 is 2.19 bits per heavy atom. The summed E-state index contributed by atoms with van der Waals surface area (Å²) in [7, 11) is 0. The number of aromatic nitrogens is 1. The number of halogens is 1. The molecule has 0 radical (unpaired) electrons. The van der Waals surface area contributed by atoms with E-state index in [9.17, 15) is 14.0 Å². The number of hydrogen-bond donors (Lipinski definition) is 0. The van der Waals surface area contributed by atoms with E-state index in [1.165, 1.54) is 23.9 Å². The van der Waals surface area contributed by atoms with Crippen molar-refractivity contribution in [2.24, 2.45) is 0 Å². The molecule has 2 heterocycles. The van der Waals surface area contributed by atoms with E-state index < -0.39 is 17.6 Å². The number of benzene rings is 1. The number of nitrogens with zero attached hydrogens (tertiary/aromatic N) is 1. The number of thioether (sulfide) groups is 1. The summed E-state index contributed by atoms with van der Waals surface area (Å²) in [6.07, 6.45) is 1.74. The standard InChI is InChI=1S/C18H16FNO5S/c1-2-23-18(22)13-12(15(25-20-13)9-3-4-9)14(21)10-5-6-11(19)16-17(10)26-8-7-24-16/h5-6,9H,2-4,7-8H2,1H3. The topological polar surface area (TPSA) is 78.6 Å². The number of fused-ring (bicyclic) bond motifs is 1. The Bertz CT molecular complexity index is 890. The second kappa shape index (κ2) is 6.75. The average molecular weight is 377 g/mol. The molecule has 2 aromatic rings. The van der Waals surface area contributed by atoms with E-state index in [0.29, 0.717) is 23.0 Å². The van der Waals surface area contributed by atoms with E-state index in [4.69, 9.17) is 14.0 Å². The number of ketones is 1. The lowest BCUT2D eigenvalue weighted by atomic mass is 9.99. The van der Waals surface area contributed by atoms with Gasteiger partial charge in [0.15, 0.2) is 23.1 Å². The molecule has 1 aromatic carbocycles. The normalized spacial score (nSPS) is 15.9. The third-order valence-corrected chi connectivity index (χ3v) is 5.31. The first kappa shape index (κ1) is 17.1. The number of esters is 1. The predicted molar refractivity (Wildman–Crippen MR) is 90.5 cm³/mol. The zero-order valence-electron chi connectivity index (χ0n) is 14.0. The molecular weight excluding hydrogens is 361 g/mol. The number of carbonyl (C=O) groups is 2. The SMILES string of the molecule is CCOC(=O)c1noc(C2CC2)c1C(=O)c1ccc(F)c2c1SCCO2. The smallest absolute Gasteiger partial charge is 0.361 e. The van der Waals surface area contributed by atoms with Gasteiger partial charge in [0.25, 0.3) is 0 Å². The lowest BCUT2D eigenvalue weighted by Crippen LogP contribution is -2.16. The van der Waals surface area contributed by atoms with Gasteiger partial charge in [0.1, 0.15) is 5.56 Å². The van der Waals surface area contributed by atoms with Gasteiger partial charge >= 0.3 is 5.97 Å². The van der Waals surface area contributed by atoms with E-state index >= 15 is 0 Å². The van der Waals surface area contributed by atoms with Crippen LogP contribution in [0.25, 0.3) is 0 Å². The average Bonchev–Trinajstić information content (AvgIpc) is 3.40. The van der Waals surface area contributed by atoms with Gasteiger partial charge in [0, 0.05) is 17.2 Å². The molecule has 0 unspecified atom stereocenters. The molecule has 26 heavy (non-hydrogen) atoms. The molecular formula is C18H16FNO5S. The fraction of sp³-hybridized carbons (Fsp3) is 0.389. The second-order valence-electron chi connectivity index (χ2n) is 6.04. The van der Waals surface area contributed by atoms with Crippen molar-refractivity contribution in [3.8, 4) is 5.75 Å². The Labute approximate surface area is 153 Å². The highest BCUT2D eigenvalue weighted by Gasteiger charge is 2.38. The number of rotatable bonds is 5. The maximum Gasteiger partial charge on any atom is 0.361 e. The van der Waals surface area contributed by atoms with Crippen molar-refractivity contribution in [2.75, 3.05) is 19.0 Å².